The number of hydrogen-bond acceptors (Lipinski definition) is 6. The molecule has 1 unspecified atom stereocenters. The number of nitrogens with zero attached hydrogens (tertiary/aromatic N) is 3. The zero-order valence-electron chi connectivity index (χ0n) is 15.9. The number of nitrogen functional groups attached to an aromatic ring is 1. The highest BCUT2D eigenvalue weighted by Crippen LogP contribution is 2.38. The first-order chi connectivity index (χ1) is 13.4. The lowest BCUT2D eigenvalue weighted by atomic mass is 10.0. The molecule has 2 heterocycles. The van der Waals surface area contributed by atoms with Gasteiger partial charge in [-0.2, -0.15) is 5.26 Å². The van der Waals surface area contributed by atoms with Crippen LogP contribution in [0.3, 0.4) is 0 Å². The number of amides is 1. The van der Waals surface area contributed by atoms with Crippen LogP contribution in [-0.2, 0) is 4.79 Å². The van der Waals surface area contributed by atoms with Crippen molar-refractivity contribution in [3.05, 3.63) is 54.0 Å². The largest absolute Gasteiger partial charge is 0.399 e. The quantitative estimate of drug-likeness (QED) is 0.689. The molecule has 28 heavy (non-hydrogen) atoms. The summed E-state index contributed by atoms with van der Waals surface area (Å²) in [7, 11) is 0. The lowest BCUT2D eigenvalue weighted by Crippen LogP contribution is -2.15. The zero-order chi connectivity index (χ0) is 20.4. The third-order valence-corrected chi connectivity index (χ3v) is 4.92. The lowest BCUT2D eigenvalue weighted by molar-refractivity contribution is -0.117. The standard InChI is InChI=1S/C21H22N6O/c1-4-14(11(3)17(23)5-2)18-7-12-8-19(25-10-16(12)20(24)26-18)27-21(28)15-6-13(15)9-22/h4-5,7-8,10,13,15H,1,6,23H2,2-3H3,(H2,24,26)(H,25,27,28)/b14-11+,17-5+/t13?,15-/m0/s1. The summed E-state index contributed by atoms with van der Waals surface area (Å²) in [5, 5.41) is 13.1. The van der Waals surface area contributed by atoms with Gasteiger partial charge in [-0.1, -0.05) is 18.7 Å². The smallest absolute Gasteiger partial charge is 0.230 e. The maximum absolute atomic E-state index is 12.2. The topological polar surface area (TPSA) is 131 Å². The second-order valence-electron chi connectivity index (χ2n) is 6.74. The van der Waals surface area contributed by atoms with Crippen LogP contribution >= 0.6 is 0 Å². The van der Waals surface area contributed by atoms with Crippen molar-refractivity contribution in [2.45, 2.75) is 20.3 Å². The summed E-state index contributed by atoms with van der Waals surface area (Å²) in [6, 6.07) is 5.71. The zero-order valence-corrected chi connectivity index (χ0v) is 15.9. The minimum Gasteiger partial charge on any atom is -0.399 e. The number of hydrogen-bond donors (Lipinski definition) is 3. The first-order valence-corrected chi connectivity index (χ1v) is 8.92. The van der Waals surface area contributed by atoms with Gasteiger partial charge in [0.1, 0.15) is 11.6 Å². The lowest BCUT2D eigenvalue weighted by Gasteiger charge is -2.12. The molecule has 7 nitrogen and oxygen atoms in total. The minimum absolute atomic E-state index is 0.191. The van der Waals surface area contributed by atoms with E-state index in [1.165, 1.54) is 0 Å². The molecule has 0 saturated heterocycles. The van der Waals surface area contributed by atoms with Crippen LogP contribution in [0.5, 0.6) is 0 Å². The molecular formula is C21H22N6O. The highest BCUT2D eigenvalue weighted by atomic mass is 16.2. The Kier molecular flexibility index (Phi) is 5.14. The molecule has 0 aromatic carbocycles. The molecule has 2 atom stereocenters. The summed E-state index contributed by atoms with van der Waals surface area (Å²) < 4.78 is 0. The Balaban J connectivity index is 2.00. The van der Waals surface area contributed by atoms with Crippen molar-refractivity contribution in [1.29, 1.82) is 5.26 Å². The van der Waals surface area contributed by atoms with Crippen molar-refractivity contribution >= 4 is 33.9 Å². The Morgan fingerprint density at radius 3 is 2.82 bits per heavy atom. The first-order valence-electron chi connectivity index (χ1n) is 8.92. The second kappa shape index (κ2) is 7.53. The van der Waals surface area contributed by atoms with Crippen LogP contribution in [-0.4, -0.2) is 15.9 Å². The highest BCUT2D eigenvalue weighted by Gasteiger charge is 2.43. The van der Waals surface area contributed by atoms with Gasteiger partial charge in [-0.05, 0) is 43.4 Å². The number of carbonyl (C=O) groups is 1. The predicted octanol–water partition coefficient (Wildman–Crippen LogP) is 3.13. The summed E-state index contributed by atoms with van der Waals surface area (Å²) in [4.78, 5) is 20.9. The number of nitrogens with one attached hydrogen (secondary N) is 1. The molecule has 3 rings (SSSR count). The molecular weight excluding hydrogens is 352 g/mol. The van der Waals surface area contributed by atoms with Crippen LogP contribution < -0.4 is 16.8 Å². The number of fused-ring (bicyclic) bond motifs is 1. The maximum atomic E-state index is 12.2. The van der Waals surface area contributed by atoms with E-state index >= 15 is 0 Å². The van der Waals surface area contributed by atoms with Crippen LogP contribution in [0.2, 0.25) is 0 Å². The van der Waals surface area contributed by atoms with Crippen molar-refractivity contribution in [1.82, 2.24) is 9.97 Å². The summed E-state index contributed by atoms with van der Waals surface area (Å²) >= 11 is 0. The Morgan fingerprint density at radius 2 is 2.21 bits per heavy atom. The molecule has 0 spiro atoms. The number of anilines is 2. The average molecular weight is 374 g/mol. The number of nitrogens with two attached hydrogens (primary N) is 2. The predicted molar refractivity (Wildman–Crippen MR) is 111 cm³/mol. The fraction of sp³-hybridized carbons (Fsp3) is 0.238. The van der Waals surface area contributed by atoms with E-state index in [9.17, 15) is 4.79 Å². The van der Waals surface area contributed by atoms with Gasteiger partial charge < -0.3 is 16.8 Å². The van der Waals surface area contributed by atoms with Gasteiger partial charge in [-0.15, -0.1) is 0 Å². The Morgan fingerprint density at radius 1 is 1.46 bits per heavy atom. The Bertz CT molecular complexity index is 1080. The van der Waals surface area contributed by atoms with E-state index in [1.807, 2.05) is 26.0 Å². The van der Waals surface area contributed by atoms with Crippen molar-refractivity contribution in [3.8, 4) is 6.07 Å². The van der Waals surface area contributed by atoms with Crippen molar-refractivity contribution in [3.63, 3.8) is 0 Å². The summed E-state index contributed by atoms with van der Waals surface area (Å²) in [6.07, 6.45) is 5.68. The number of pyridine rings is 2. The number of allylic oxidation sites excluding steroid dienone is 4. The van der Waals surface area contributed by atoms with Crippen molar-refractivity contribution < 1.29 is 4.79 Å². The molecule has 1 aliphatic carbocycles. The van der Waals surface area contributed by atoms with Crippen LogP contribution in [0.15, 0.2) is 48.3 Å². The van der Waals surface area contributed by atoms with Gasteiger partial charge in [0.15, 0.2) is 0 Å². The second-order valence-corrected chi connectivity index (χ2v) is 6.74. The summed E-state index contributed by atoms with van der Waals surface area (Å²) in [6.45, 7) is 7.62. The molecule has 0 bridgehead atoms. The molecule has 7 heteroatoms. The molecule has 1 aliphatic rings. The maximum Gasteiger partial charge on any atom is 0.230 e. The van der Waals surface area contributed by atoms with Gasteiger partial charge >= 0.3 is 0 Å². The van der Waals surface area contributed by atoms with E-state index in [1.54, 1.807) is 18.3 Å². The van der Waals surface area contributed by atoms with E-state index < -0.39 is 0 Å². The van der Waals surface area contributed by atoms with E-state index in [0.29, 0.717) is 34.8 Å². The molecule has 1 saturated carbocycles. The molecule has 0 radical (unpaired) electrons. The van der Waals surface area contributed by atoms with E-state index in [4.69, 9.17) is 16.7 Å². The molecule has 1 fully saturated rings. The van der Waals surface area contributed by atoms with Gasteiger partial charge in [0.2, 0.25) is 5.91 Å². The first kappa shape index (κ1) is 19.1. The Labute approximate surface area is 163 Å². The number of aromatic nitrogens is 2. The summed E-state index contributed by atoms with van der Waals surface area (Å²) in [5.74, 6) is 0.0841. The van der Waals surface area contributed by atoms with Crippen LogP contribution in [0.1, 0.15) is 26.0 Å². The van der Waals surface area contributed by atoms with Gasteiger partial charge in [-0.25, -0.2) is 9.97 Å². The van der Waals surface area contributed by atoms with Gasteiger partial charge in [-0.3, -0.25) is 4.79 Å². The summed E-state index contributed by atoms with van der Waals surface area (Å²) in [5.41, 5.74) is 15.1. The van der Waals surface area contributed by atoms with Gasteiger partial charge in [0, 0.05) is 22.9 Å². The molecule has 5 N–H and O–H groups in total. The fourth-order valence-corrected chi connectivity index (χ4v) is 3.05. The molecule has 0 aliphatic heterocycles. The molecule has 2 aromatic rings. The van der Waals surface area contributed by atoms with Gasteiger partial charge in [0.25, 0.3) is 0 Å². The van der Waals surface area contributed by atoms with E-state index in [-0.39, 0.29) is 17.7 Å². The Hall–Kier alpha value is -3.66. The average Bonchev–Trinajstić information content (AvgIpc) is 3.47. The number of rotatable bonds is 5. The van der Waals surface area contributed by atoms with E-state index in [2.05, 4.69) is 27.9 Å². The normalized spacial score (nSPS) is 19.5. The van der Waals surface area contributed by atoms with Crippen molar-refractivity contribution in [2.75, 3.05) is 11.1 Å². The van der Waals surface area contributed by atoms with Crippen LogP contribution in [0, 0.1) is 23.2 Å². The monoisotopic (exact) mass is 374 g/mol. The third kappa shape index (κ3) is 3.58. The minimum atomic E-state index is -0.262. The fourth-order valence-electron chi connectivity index (χ4n) is 3.05. The van der Waals surface area contributed by atoms with Gasteiger partial charge in [0.05, 0.1) is 23.6 Å². The molecule has 2 aromatic heterocycles. The highest BCUT2D eigenvalue weighted by molar-refractivity contribution is 5.98. The molecule has 1 amide bonds. The SMILES string of the molecule is C=C/C(=C(C)\C(N)=C/C)c1cc2cc(NC(=O)[C@H]3CC3C#N)ncc2c(N)n1. The number of nitriles is 1. The van der Waals surface area contributed by atoms with Crippen molar-refractivity contribution in [2.24, 2.45) is 17.6 Å². The van der Waals surface area contributed by atoms with E-state index in [0.717, 1.165) is 16.5 Å². The third-order valence-electron chi connectivity index (χ3n) is 4.92. The van der Waals surface area contributed by atoms with Crippen LogP contribution in [0.4, 0.5) is 11.6 Å². The number of carbonyl (C=O) groups excluding carboxylic acids is 1. The molecule has 142 valence electrons. The van der Waals surface area contributed by atoms with Crippen LogP contribution in [0.25, 0.3) is 16.3 Å².